The van der Waals surface area contributed by atoms with Gasteiger partial charge in [0, 0.05) is 17.5 Å². The molecular weight excluding hydrogens is 212 g/mol. The van der Waals surface area contributed by atoms with Gasteiger partial charge in [-0.25, -0.2) is 9.97 Å². The van der Waals surface area contributed by atoms with Crippen LogP contribution in [0.4, 0.5) is 11.6 Å². The number of nitrogens with zero attached hydrogens (tertiary/aromatic N) is 2. The average molecular weight is 236 g/mol. The summed E-state index contributed by atoms with van der Waals surface area (Å²) in [5.41, 5.74) is 6.86. The second kappa shape index (κ2) is 5.84. The van der Waals surface area contributed by atoms with Crippen LogP contribution in [-0.2, 0) is 0 Å². The van der Waals surface area contributed by atoms with Gasteiger partial charge in [0.05, 0.1) is 0 Å². The Morgan fingerprint density at radius 1 is 1.24 bits per heavy atom. The predicted molar refractivity (Wildman–Crippen MR) is 73.3 cm³/mol. The van der Waals surface area contributed by atoms with Gasteiger partial charge in [0.2, 0.25) is 0 Å². The van der Waals surface area contributed by atoms with Crippen LogP contribution in [0, 0.1) is 6.92 Å². The standard InChI is InChI=1S/C13H24N4/c1-6-7-9(4)15-13-10(5)11(14)16-12(17-13)8(2)3/h8-9H,6-7H2,1-5H3,(H3,14,15,16,17). The highest BCUT2D eigenvalue weighted by molar-refractivity contribution is 5.55. The highest BCUT2D eigenvalue weighted by atomic mass is 15.1. The minimum absolute atomic E-state index is 0.292. The van der Waals surface area contributed by atoms with Gasteiger partial charge in [0.1, 0.15) is 17.5 Å². The number of rotatable bonds is 5. The number of hydrogen-bond acceptors (Lipinski definition) is 4. The summed E-state index contributed by atoms with van der Waals surface area (Å²) >= 11 is 0. The van der Waals surface area contributed by atoms with Crippen LogP contribution in [0.15, 0.2) is 0 Å². The van der Waals surface area contributed by atoms with Gasteiger partial charge in [-0.1, -0.05) is 27.2 Å². The molecule has 0 spiro atoms. The maximum Gasteiger partial charge on any atom is 0.135 e. The van der Waals surface area contributed by atoms with Crippen molar-refractivity contribution in [2.24, 2.45) is 0 Å². The Balaban J connectivity index is 2.97. The third-order valence-electron chi connectivity index (χ3n) is 2.82. The third kappa shape index (κ3) is 3.58. The molecule has 1 rings (SSSR count). The van der Waals surface area contributed by atoms with Crippen molar-refractivity contribution in [3.8, 4) is 0 Å². The molecule has 1 unspecified atom stereocenters. The minimum atomic E-state index is 0.292. The fourth-order valence-electron chi connectivity index (χ4n) is 1.69. The van der Waals surface area contributed by atoms with Crippen molar-refractivity contribution in [1.29, 1.82) is 0 Å². The molecule has 0 radical (unpaired) electrons. The molecule has 0 aliphatic heterocycles. The largest absolute Gasteiger partial charge is 0.383 e. The molecule has 0 bridgehead atoms. The Kier molecular flexibility index (Phi) is 4.73. The van der Waals surface area contributed by atoms with E-state index in [2.05, 4.69) is 43.0 Å². The second-order valence-electron chi connectivity index (χ2n) is 4.93. The van der Waals surface area contributed by atoms with Crippen LogP contribution in [0.2, 0.25) is 0 Å². The highest BCUT2D eigenvalue weighted by Crippen LogP contribution is 2.21. The Morgan fingerprint density at radius 3 is 2.41 bits per heavy atom. The van der Waals surface area contributed by atoms with Crippen molar-refractivity contribution in [1.82, 2.24) is 9.97 Å². The summed E-state index contributed by atoms with van der Waals surface area (Å²) in [6, 6.07) is 0.410. The lowest BCUT2D eigenvalue weighted by molar-refractivity contribution is 0.682. The van der Waals surface area contributed by atoms with Crippen LogP contribution in [0.3, 0.4) is 0 Å². The third-order valence-corrected chi connectivity index (χ3v) is 2.82. The Morgan fingerprint density at radius 2 is 1.88 bits per heavy atom. The topological polar surface area (TPSA) is 63.8 Å². The van der Waals surface area contributed by atoms with Gasteiger partial charge in [0.15, 0.2) is 0 Å². The summed E-state index contributed by atoms with van der Waals surface area (Å²) in [6.45, 7) is 10.4. The summed E-state index contributed by atoms with van der Waals surface area (Å²) in [5.74, 6) is 2.55. The zero-order valence-electron chi connectivity index (χ0n) is 11.5. The first-order chi connectivity index (χ1) is 7.95. The van der Waals surface area contributed by atoms with Gasteiger partial charge >= 0.3 is 0 Å². The smallest absolute Gasteiger partial charge is 0.135 e. The Bertz CT molecular complexity index is 374. The molecule has 1 aromatic heterocycles. The van der Waals surface area contributed by atoms with E-state index in [1.54, 1.807) is 0 Å². The lowest BCUT2D eigenvalue weighted by Crippen LogP contribution is -2.18. The fraction of sp³-hybridized carbons (Fsp3) is 0.692. The molecule has 0 aliphatic carbocycles. The number of nitrogen functional groups attached to an aromatic ring is 1. The van der Waals surface area contributed by atoms with E-state index in [4.69, 9.17) is 5.73 Å². The zero-order valence-corrected chi connectivity index (χ0v) is 11.5. The lowest BCUT2D eigenvalue weighted by atomic mass is 10.1. The van der Waals surface area contributed by atoms with E-state index >= 15 is 0 Å². The van der Waals surface area contributed by atoms with Crippen molar-refractivity contribution < 1.29 is 0 Å². The van der Waals surface area contributed by atoms with Crippen molar-refractivity contribution >= 4 is 11.6 Å². The number of anilines is 2. The SMILES string of the molecule is CCCC(C)Nc1nc(C(C)C)nc(N)c1C. The van der Waals surface area contributed by atoms with Gasteiger partial charge in [0.25, 0.3) is 0 Å². The van der Waals surface area contributed by atoms with Crippen LogP contribution >= 0.6 is 0 Å². The summed E-state index contributed by atoms with van der Waals surface area (Å²) < 4.78 is 0. The van der Waals surface area contributed by atoms with Crippen molar-refractivity contribution in [3.05, 3.63) is 11.4 Å². The molecule has 3 N–H and O–H groups in total. The van der Waals surface area contributed by atoms with E-state index in [1.165, 1.54) is 0 Å². The average Bonchev–Trinajstić information content (AvgIpc) is 2.24. The van der Waals surface area contributed by atoms with Crippen LogP contribution in [-0.4, -0.2) is 16.0 Å². The summed E-state index contributed by atoms with van der Waals surface area (Å²) in [4.78, 5) is 8.87. The van der Waals surface area contributed by atoms with Gasteiger partial charge in [-0.2, -0.15) is 0 Å². The number of aromatic nitrogens is 2. The minimum Gasteiger partial charge on any atom is -0.383 e. The van der Waals surface area contributed by atoms with E-state index in [0.717, 1.165) is 30.0 Å². The zero-order chi connectivity index (χ0) is 13.0. The number of hydrogen-bond donors (Lipinski definition) is 2. The summed E-state index contributed by atoms with van der Waals surface area (Å²) in [7, 11) is 0. The number of nitrogens with two attached hydrogens (primary N) is 1. The van der Waals surface area contributed by atoms with Crippen LogP contribution in [0.1, 0.15) is 57.8 Å². The Hall–Kier alpha value is -1.32. The summed E-state index contributed by atoms with van der Waals surface area (Å²) in [5, 5.41) is 3.42. The van der Waals surface area contributed by atoms with E-state index in [1.807, 2.05) is 6.92 Å². The fourth-order valence-corrected chi connectivity index (χ4v) is 1.69. The molecule has 96 valence electrons. The first-order valence-electron chi connectivity index (χ1n) is 6.36. The lowest BCUT2D eigenvalue weighted by Gasteiger charge is -2.17. The maximum absolute atomic E-state index is 5.92. The molecule has 1 atom stereocenters. The van der Waals surface area contributed by atoms with Crippen molar-refractivity contribution in [2.75, 3.05) is 11.1 Å². The maximum atomic E-state index is 5.92. The highest BCUT2D eigenvalue weighted by Gasteiger charge is 2.12. The van der Waals surface area contributed by atoms with E-state index in [9.17, 15) is 0 Å². The quantitative estimate of drug-likeness (QED) is 0.824. The second-order valence-corrected chi connectivity index (χ2v) is 4.93. The monoisotopic (exact) mass is 236 g/mol. The normalized spacial score (nSPS) is 12.8. The molecule has 0 saturated carbocycles. The van der Waals surface area contributed by atoms with E-state index < -0.39 is 0 Å². The molecular formula is C13H24N4. The van der Waals surface area contributed by atoms with Gasteiger partial charge in [-0.15, -0.1) is 0 Å². The van der Waals surface area contributed by atoms with Crippen LogP contribution in [0.25, 0.3) is 0 Å². The molecule has 4 nitrogen and oxygen atoms in total. The first kappa shape index (κ1) is 13.7. The van der Waals surface area contributed by atoms with Crippen molar-refractivity contribution in [3.63, 3.8) is 0 Å². The molecule has 17 heavy (non-hydrogen) atoms. The first-order valence-corrected chi connectivity index (χ1v) is 6.36. The molecule has 0 fully saturated rings. The predicted octanol–water partition coefficient (Wildman–Crippen LogP) is 3.09. The molecule has 0 saturated heterocycles. The number of nitrogens with one attached hydrogen (secondary N) is 1. The van der Waals surface area contributed by atoms with Gasteiger partial charge in [-0.05, 0) is 20.3 Å². The van der Waals surface area contributed by atoms with Gasteiger partial charge in [-0.3, -0.25) is 0 Å². The molecule has 0 aliphatic rings. The molecule has 1 aromatic rings. The van der Waals surface area contributed by atoms with Crippen molar-refractivity contribution in [2.45, 2.75) is 59.4 Å². The Labute approximate surface area is 104 Å². The molecule has 4 heteroatoms. The van der Waals surface area contributed by atoms with E-state index in [-0.39, 0.29) is 0 Å². The molecule has 0 amide bonds. The molecule has 0 aromatic carbocycles. The van der Waals surface area contributed by atoms with E-state index in [0.29, 0.717) is 17.8 Å². The van der Waals surface area contributed by atoms with Crippen LogP contribution < -0.4 is 11.1 Å². The van der Waals surface area contributed by atoms with Gasteiger partial charge < -0.3 is 11.1 Å². The van der Waals surface area contributed by atoms with Crippen LogP contribution in [0.5, 0.6) is 0 Å². The molecule has 1 heterocycles. The summed E-state index contributed by atoms with van der Waals surface area (Å²) in [6.07, 6.45) is 2.28.